The van der Waals surface area contributed by atoms with Crippen LogP contribution in [0.25, 0.3) is 0 Å². The van der Waals surface area contributed by atoms with E-state index in [2.05, 4.69) is 14.4 Å². The number of nitrogens with zero attached hydrogens (tertiary/aromatic N) is 2. The van der Waals surface area contributed by atoms with Crippen LogP contribution in [0.15, 0.2) is 9.72 Å². The van der Waals surface area contributed by atoms with Crippen LogP contribution in [-0.4, -0.2) is 56.9 Å². The summed E-state index contributed by atoms with van der Waals surface area (Å²) in [5, 5.41) is 0. The third-order valence-electron chi connectivity index (χ3n) is 3.11. The van der Waals surface area contributed by atoms with Crippen LogP contribution < -0.4 is 4.72 Å². The van der Waals surface area contributed by atoms with Gasteiger partial charge in [0.05, 0.1) is 12.6 Å². The highest BCUT2D eigenvalue weighted by Crippen LogP contribution is 2.22. The molecule has 116 valence electrons. The number of nitrogens with one attached hydrogen (secondary N) is 1. The van der Waals surface area contributed by atoms with Crippen molar-refractivity contribution in [3.8, 4) is 0 Å². The first-order valence-electron chi connectivity index (χ1n) is 6.13. The molecule has 0 radical (unpaired) electrons. The lowest BCUT2D eigenvalue weighted by Gasteiger charge is -2.29. The summed E-state index contributed by atoms with van der Waals surface area (Å²) in [4.78, 5) is 28.1. The van der Waals surface area contributed by atoms with E-state index < -0.39 is 16.0 Å². The molecule has 1 atom stereocenters. The molecule has 2 heterocycles. The molecule has 0 bridgehead atoms. The Morgan fingerprint density at radius 1 is 1.57 bits per heavy atom. The SMILES string of the molecule is COC(=O)c1ncsc1S(=O)(=O)NC1CCC(=O)N(C)C1. The Labute approximate surface area is 126 Å². The van der Waals surface area contributed by atoms with E-state index in [1.165, 1.54) is 10.4 Å². The second kappa shape index (κ2) is 6.08. The first-order valence-corrected chi connectivity index (χ1v) is 8.49. The first-order chi connectivity index (χ1) is 9.85. The topological polar surface area (TPSA) is 106 Å². The molecule has 10 heteroatoms. The largest absolute Gasteiger partial charge is 0.464 e. The number of carbonyl (C=O) groups excluding carboxylic acids is 2. The van der Waals surface area contributed by atoms with E-state index in [9.17, 15) is 18.0 Å². The number of likely N-dealkylation sites (N-methyl/N-ethyl adjacent to an activating group) is 1. The van der Waals surface area contributed by atoms with Gasteiger partial charge in [-0.25, -0.2) is 22.9 Å². The van der Waals surface area contributed by atoms with Crippen LogP contribution in [0.4, 0.5) is 0 Å². The molecule has 1 aromatic rings. The zero-order valence-electron chi connectivity index (χ0n) is 11.5. The molecule has 1 aliphatic heterocycles. The van der Waals surface area contributed by atoms with Gasteiger partial charge >= 0.3 is 5.97 Å². The summed E-state index contributed by atoms with van der Waals surface area (Å²) in [5.74, 6) is -0.814. The van der Waals surface area contributed by atoms with Crippen molar-refractivity contribution in [1.29, 1.82) is 0 Å². The average Bonchev–Trinajstić information content (AvgIpc) is 2.92. The van der Waals surface area contributed by atoms with E-state index in [4.69, 9.17) is 0 Å². The maximum atomic E-state index is 12.3. The standard InChI is InChI=1S/C11H15N3O5S2/c1-14-5-7(3-4-8(14)15)13-21(17,18)11-9(10(16)19-2)12-6-20-11/h6-7,13H,3-5H2,1-2H3. The lowest BCUT2D eigenvalue weighted by Crippen LogP contribution is -2.48. The van der Waals surface area contributed by atoms with Crippen LogP contribution >= 0.6 is 11.3 Å². The van der Waals surface area contributed by atoms with Crippen LogP contribution in [-0.2, 0) is 19.6 Å². The summed E-state index contributed by atoms with van der Waals surface area (Å²) < 4.78 is 31.5. The minimum Gasteiger partial charge on any atom is -0.464 e. The second-order valence-corrected chi connectivity index (χ2v) is 7.38. The Kier molecular flexibility index (Phi) is 4.59. The quantitative estimate of drug-likeness (QED) is 0.767. The van der Waals surface area contributed by atoms with Gasteiger partial charge in [0.1, 0.15) is 0 Å². The van der Waals surface area contributed by atoms with E-state index >= 15 is 0 Å². The van der Waals surface area contributed by atoms with Crippen molar-refractivity contribution in [2.75, 3.05) is 20.7 Å². The number of ether oxygens (including phenoxy) is 1. The van der Waals surface area contributed by atoms with E-state index in [0.29, 0.717) is 13.0 Å². The average molecular weight is 333 g/mol. The highest BCUT2D eigenvalue weighted by molar-refractivity contribution is 7.91. The maximum Gasteiger partial charge on any atom is 0.358 e. The normalized spacial score (nSPS) is 19.6. The number of likely N-dealkylation sites (tertiary alicyclic amines) is 1. The summed E-state index contributed by atoms with van der Waals surface area (Å²) in [7, 11) is -1.10. The monoisotopic (exact) mass is 333 g/mol. The van der Waals surface area contributed by atoms with E-state index in [0.717, 1.165) is 18.4 Å². The maximum absolute atomic E-state index is 12.3. The zero-order valence-corrected chi connectivity index (χ0v) is 13.2. The predicted molar refractivity (Wildman–Crippen MR) is 74.4 cm³/mol. The van der Waals surface area contributed by atoms with E-state index in [-0.39, 0.29) is 28.3 Å². The molecule has 21 heavy (non-hydrogen) atoms. The van der Waals surface area contributed by atoms with Crippen LogP contribution in [0.1, 0.15) is 23.3 Å². The molecule has 1 unspecified atom stereocenters. The lowest BCUT2D eigenvalue weighted by molar-refractivity contribution is -0.132. The van der Waals surface area contributed by atoms with Crippen LogP contribution in [0.2, 0.25) is 0 Å². The molecule has 2 rings (SSSR count). The highest BCUT2D eigenvalue weighted by atomic mass is 32.2. The number of rotatable bonds is 4. The van der Waals surface area contributed by atoms with Gasteiger partial charge in [-0.2, -0.15) is 0 Å². The van der Waals surface area contributed by atoms with Gasteiger partial charge in [-0.3, -0.25) is 4.79 Å². The number of aromatic nitrogens is 1. The highest BCUT2D eigenvalue weighted by Gasteiger charge is 2.31. The molecule has 8 nitrogen and oxygen atoms in total. The molecular formula is C11H15N3O5S2. The van der Waals surface area contributed by atoms with Gasteiger partial charge in [-0.15, -0.1) is 11.3 Å². The predicted octanol–water partition coefficient (Wildman–Crippen LogP) is -0.171. The summed E-state index contributed by atoms with van der Waals surface area (Å²) in [5.41, 5.74) is 1.05. The van der Waals surface area contributed by atoms with Crippen molar-refractivity contribution in [1.82, 2.24) is 14.6 Å². The van der Waals surface area contributed by atoms with Crippen molar-refractivity contribution in [2.45, 2.75) is 23.1 Å². The minimum atomic E-state index is -3.88. The van der Waals surface area contributed by atoms with Gasteiger partial charge in [0.15, 0.2) is 9.90 Å². The van der Waals surface area contributed by atoms with Crippen LogP contribution in [0, 0.1) is 0 Å². The second-order valence-electron chi connectivity index (χ2n) is 4.61. The van der Waals surface area contributed by atoms with Gasteiger partial charge in [0.25, 0.3) is 10.0 Å². The molecule has 1 fully saturated rings. The molecule has 0 saturated carbocycles. The Bertz CT molecular complexity index is 655. The van der Waals surface area contributed by atoms with Crippen molar-refractivity contribution < 1.29 is 22.7 Å². The van der Waals surface area contributed by atoms with Gasteiger partial charge in [-0.05, 0) is 6.42 Å². The Hall–Kier alpha value is -1.52. The van der Waals surface area contributed by atoms with Crippen molar-refractivity contribution in [2.24, 2.45) is 0 Å². The number of carbonyl (C=O) groups is 2. The van der Waals surface area contributed by atoms with Crippen molar-refractivity contribution in [3.05, 3.63) is 11.2 Å². The number of piperidine rings is 1. The Balaban J connectivity index is 2.18. The first kappa shape index (κ1) is 15.9. The van der Waals surface area contributed by atoms with E-state index in [1.54, 1.807) is 7.05 Å². The number of methoxy groups -OCH3 is 1. The van der Waals surface area contributed by atoms with Gasteiger partial charge in [0, 0.05) is 26.1 Å². The summed E-state index contributed by atoms with van der Waals surface area (Å²) >= 11 is 0.847. The third kappa shape index (κ3) is 3.39. The molecule has 1 amide bonds. The number of sulfonamides is 1. The zero-order chi connectivity index (χ0) is 15.6. The lowest BCUT2D eigenvalue weighted by atomic mass is 10.1. The van der Waals surface area contributed by atoms with Gasteiger partial charge < -0.3 is 9.64 Å². The Morgan fingerprint density at radius 2 is 2.29 bits per heavy atom. The number of thiazole rings is 1. The third-order valence-corrected chi connectivity index (χ3v) is 6.00. The smallest absolute Gasteiger partial charge is 0.358 e. The fourth-order valence-electron chi connectivity index (χ4n) is 2.04. The number of esters is 1. The molecule has 0 aliphatic carbocycles. The fourth-order valence-corrected chi connectivity index (χ4v) is 4.45. The minimum absolute atomic E-state index is 0.0153. The number of hydrogen-bond acceptors (Lipinski definition) is 7. The van der Waals surface area contributed by atoms with Gasteiger partial charge in [-0.1, -0.05) is 0 Å². The molecule has 0 aromatic carbocycles. The Morgan fingerprint density at radius 3 is 2.90 bits per heavy atom. The molecule has 1 saturated heterocycles. The molecule has 0 spiro atoms. The number of amides is 1. The van der Waals surface area contributed by atoms with Crippen LogP contribution in [0.3, 0.4) is 0 Å². The fraction of sp³-hybridized carbons (Fsp3) is 0.545. The summed E-state index contributed by atoms with van der Waals surface area (Å²) in [6.45, 7) is 0.296. The van der Waals surface area contributed by atoms with Gasteiger partial charge in [0.2, 0.25) is 5.91 Å². The molecule has 1 aromatic heterocycles. The van der Waals surface area contributed by atoms with Crippen LogP contribution in [0.5, 0.6) is 0 Å². The summed E-state index contributed by atoms with van der Waals surface area (Å²) in [6.07, 6.45) is 0.713. The molecule has 1 aliphatic rings. The van der Waals surface area contributed by atoms with E-state index in [1.807, 2.05) is 0 Å². The molecular weight excluding hydrogens is 318 g/mol. The van der Waals surface area contributed by atoms with Crippen molar-refractivity contribution in [3.63, 3.8) is 0 Å². The van der Waals surface area contributed by atoms with Crippen molar-refractivity contribution >= 4 is 33.2 Å². The number of hydrogen-bond donors (Lipinski definition) is 1. The summed E-state index contributed by atoms with van der Waals surface area (Å²) in [6, 6.07) is -0.384. The molecule has 1 N–H and O–H groups in total.